The Hall–Kier alpha value is -1.15. The van der Waals surface area contributed by atoms with Crippen LogP contribution in [-0.2, 0) is 19.6 Å². The van der Waals surface area contributed by atoms with E-state index in [9.17, 15) is 8.42 Å². The number of hydrogen-bond donors (Lipinski definition) is 1. The Bertz CT molecular complexity index is 555. The van der Waals surface area contributed by atoms with Crippen LogP contribution in [0, 0.1) is 5.92 Å². The Balaban J connectivity index is 2.07. The number of ether oxygens (including phenoxy) is 3. The summed E-state index contributed by atoms with van der Waals surface area (Å²) in [5.41, 5.74) is 0. The largest absolute Gasteiger partial charge is 0.491 e. The van der Waals surface area contributed by atoms with E-state index in [-0.39, 0.29) is 4.90 Å². The van der Waals surface area contributed by atoms with Gasteiger partial charge in [0.1, 0.15) is 12.4 Å². The molecule has 1 unspecified atom stereocenters. The van der Waals surface area contributed by atoms with Crippen LogP contribution < -0.4 is 4.74 Å². The highest BCUT2D eigenvalue weighted by Gasteiger charge is 2.08. The second-order valence-electron chi connectivity index (χ2n) is 5.90. The molecule has 0 aliphatic rings. The van der Waals surface area contributed by atoms with E-state index in [0.29, 0.717) is 38.1 Å². The van der Waals surface area contributed by atoms with E-state index in [2.05, 4.69) is 13.8 Å². The molecular weight excluding hydrogens is 344 g/mol. The first-order chi connectivity index (χ1) is 12.0. The molecule has 0 bridgehead atoms. The van der Waals surface area contributed by atoms with E-state index < -0.39 is 10.1 Å². The molecule has 1 rings (SSSR count). The van der Waals surface area contributed by atoms with Crippen molar-refractivity contribution in [2.24, 2.45) is 5.92 Å². The highest BCUT2D eigenvalue weighted by atomic mass is 32.2. The first-order valence-electron chi connectivity index (χ1n) is 8.83. The normalized spacial score (nSPS) is 12.9. The average molecular weight is 374 g/mol. The lowest BCUT2D eigenvalue weighted by Gasteiger charge is -2.14. The van der Waals surface area contributed by atoms with Crippen LogP contribution in [0.1, 0.15) is 39.5 Å². The highest BCUT2D eigenvalue weighted by Crippen LogP contribution is 2.15. The van der Waals surface area contributed by atoms with Crippen molar-refractivity contribution in [3.8, 4) is 5.75 Å². The summed E-state index contributed by atoms with van der Waals surface area (Å²) >= 11 is 0. The van der Waals surface area contributed by atoms with Crippen molar-refractivity contribution in [3.63, 3.8) is 0 Å². The van der Waals surface area contributed by atoms with E-state index in [0.717, 1.165) is 13.0 Å². The molecule has 7 heteroatoms. The van der Waals surface area contributed by atoms with Crippen LogP contribution in [0.3, 0.4) is 0 Å². The number of unbranched alkanes of at least 4 members (excludes halogenated alkanes) is 1. The van der Waals surface area contributed by atoms with Crippen LogP contribution >= 0.6 is 0 Å². The van der Waals surface area contributed by atoms with Crippen LogP contribution in [0.15, 0.2) is 29.2 Å². The van der Waals surface area contributed by atoms with Crippen LogP contribution in [0.2, 0.25) is 0 Å². The first kappa shape index (κ1) is 21.9. The Morgan fingerprint density at radius 3 is 2.24 bits per heavy atom. The van der Waals surface area contributed by atoms with Gasteiger partial charge >= 0.3 is 0 Å². The molecule has 0 saturated carbocycles. The third-order valence-corrected chi connectivity index (χ3v) is 4.75. The summed E-state index contributed by atoms with van der Waals surface area (Å²) in [7, 11) is -4.17. The highest BCUT2D eigenvalue weighted by molar-refractivity contribution is 7.85. The predicted molar refractivity (Wildman–Crippen MR) is 96.7 cm³/mol. The molecule has 0 heterocycles. The second-order valence-corrected chi connectivity index (χ2v) is 7.32. The average Bonchev–Trinajstić information content (AvgIpc) is 2.59. The van der Waals surface area contributed by atoms with Gasteiger partial charge in [-0.15, -0.1) is 0 Å². The zero-order valence-corrected chi connectivity index (χ0v) is 16.0. The molecule has 0 saturated heterocycles. The number of rotatable bonds is 14. The van der Waals surface area contributed by atoms with Crippen molar-refractivity contribution < 1.29 is 27.2 Å². The van der Waals surface area contributed by atoms with Crippen molar-refractivity contribution in [1.82, 2.24) is 0 Å². The van der Waals surface area contributed by atoms with Gasteiger partial charge in [-0.1, -0.05) is 33.1 Å². The minimum Gasteiger partial charge on any atom is -0.491 e. The van der Waals surface area contributed by atoms with E-state index >= 15 is 0 Å². The van der Waals surface area contributed by atoms with Gasteiger partial charge in [-0.05, 0) is 36.6 Å². The van der Waals surface area contributed by atoms with E-state index in [1.165, 1.54) is 43.5 Å². The summed E-state index contributed by atoms with van der Waals surface area (Å²) in [6.45, 7) is 7.07. The standard InChI is InChI=1S/C18H30O6S/c1-3-5-6-16(4-2)15-23-12-11-22-13-14-24-17-7-9-18(10-8-17)25(19,20)21/h7-10,16H,3-6,11-15H2,1-2H3,(H,19,20,21). The summed E-state index contributed by atoms with van der Waals surface area (Å²) in [5, 5.41) is 0. The quantitative estimate of drug-likeness (QED) is 0.396. The maximum absolute atomic E-state index is 10.9. The van der Waals surface area contributed by atoms with Crippen molar-refractivity contribution >= 4 is 10.1 Å². The Morgan fingerprint density at radius 1 is 1.00 bits per heavy atom. The molecule has 1 aromatic carbocycles. The SMILES string of the molecule is CCCCC(CC)COCCOCCOc1ccc(S(=O)(=O)O)cc1. The van der Waals surface area contributed by atoms with Gasteiger partial charge < -0.3 is 14.2 Å². The molecule has 6 nitrogen and oxygen atoms in total. The molecule has 144 valence electrons. The Morgan fingerprint density at radius 2 is 1.64 bits per heavy atom. The fourth-order valence-electron chi connectivity index (χ4n) is 2.29. The van der Waals surface area contributed by atoms with Crippen molar-refractivity contribution in [2.45, 2.75) is 44.4 Å². The van der Waals surface area contributed by atoms with Gasteiger partial charge in [-0.2, -0.15) is 8.42 Å². The molecular formula is C18H30O6S. The van der Waals surface area contributed by atoms with Crippen LogP contribution in [0.25, 0.3) is 0 Å². The molecule has 0 fully saturated rings. The minimum atomic E-state index is -4.17. The second kappa shape index (κ2) is 12.2. The zero-order valence-electron chi connectivity index (χ0n) is 15.1. The molecule has 0 aliphatic heterocycles. The van der Waals surface area contributed by atoms with Gasteiger partial charge in [0.2, 0.25) is 0 Å². The maximum Gasteiger partial charge on any atom is 0.294 e. The summed E-state index contributed by atoms with van der Waals surface area (Å²) < 4.78 is 47.3. The lowest BCUT2D eigenvalue weighted by atomic mass is 10.0. The summed E-state index contributed by atoms with van der Waals surface area (Å²) in [6, 6.07) is 5.57. The molecule has 0 radical (unpaired) electrons. The lowest BCUT2D eigenvalue weighted by molar-refractivity contribution is 0.0228. The van der Waals surface area contributed by atoms with Gasteiger partial charge in [0.05, 0.1) is 24.7 Å². The van der Waals surface area contributed by atoms with Crippen molar-refractivity contribution in [2.75, 3.05) is 33.0 Å². The van der Waals surface area contributed by atoms with Crippen molar-refractivity contribution in [3.05, 3.63) is 24.3 Å². The molecule has 25 heavy (non-hydrogen) atoms. The molecule has 1 N–H and O–H groups in total. The first-order valence-corrected chi connectivity index (χ1v) is 10.3. The monoisotopic (exact) mass is 374 g/mol. The molecule has 0 aromatic heterocycles. The zero-order chi connectivity index (χ0) is 18.5. The summed E-state index contributed by atoms with van der Waals surface area (Å²) in [5.74, 6) is 1.16. The van der Waals surface area contributed by atoms with E-state index in [1.54, 1.807) is 0 Å². The van der Waals surface area contributed by atoms with Crippen molar-refractivity contribution in [1.29, 1.82) is 0 Å². The van der Waals surface area contributed by atoms with E-state index in [1.807, 2.05) is 0 Å². The Kier molecular flexibility index (Phi) is 10.7. The fourth-order valence-corrected chi connectivity index (χ4v) is 2.77. The molecule has 1 atom stereocenters. The summed E-state index contributed by atoms with van der Waals surface area (Å²) in [4.78, 5) is -0.155. The maximum atomic E-state index is 10.9. The Labute approximate surface area is 151 Å². The van der Waals surface area contributed by atoms with Gasteiger partial charge in [0.25, 0.3) is 10.1 Å². The number of benzene rings is 1. The van der Waals surface area contributed by atoms with Gasteiger partial charge in [-0.25, -0.2) is 0 Å². The smallest absolute Gasteiger partial charge is 0.294 e. The van der Waals surface area contributed by atoms with Gasteiger partial charge in [-0.3, -0.25) is 4.55 Å². The van der Waals surface area contributed by atoms with Crippen LogP contribution in [-0.4, -0.2) is 46.0 Å². The van der Waals surface area contributed by atoms with Crippen LogP contribution in [0.5, 0.6) is 5.75 Å². The third-order valence-electron chi connectivity index (χ3n) is 3.89. The minimum absolute atomic E-state index is 0.155. The number of hydrogen-bond acceptors (Lipinski definition) is 5. The fraction of sp³-hybridized carbons (Fsp3) is 0.667. The molecule has 0 spiro atoms. The summed E-state index contributed by atoms with van der Waals surface area (Å²) in [6.07, 6.45) is 4.84. The predicted octanol–water partition coefficient (Wildman–Crippen LogP) is 3.56. The lowest BCUT2D eigenvalue weighted by Crippen LogP contribution is -2.14. The van der Waals surface area contributed by atoms with Gasteiger partial charge in [0.15, 0.2) is 0 Å². The third kappa shape index (κ3) is 9.79. The molecule has 0 aliphatic carbocycles. The van der Waals surface area contributed by atoms with Gasteiger partial charge in [0, 0.05) is 6.61 Å². The van der Waals surface area contributed by atoms with E-state index in [4.69, 9.17) is 18.8 Å². The molecule has 1 aromatic rings. The molecule has 0 amide bonds. The topological polar surface area (TPSA) is 82.1 Å². The van der Waals surface area contributed by atoms with Crippen LogP contribution in [0.4, 0.5) is 0 Å².